The second-order valence-corrected chi connectivity index (χ2v) is 5.83. The van der Waals surface area contributed by atoms with E-state index in [0.29, 0.717) is 10.7 Å². The lowest BCUT2D eigenvalue weighted by Gasteiger charge is -2.20. The van der Waals surface area contributed by atoms with Crippen LogP contribution >= 0.6 is 12.2 Å². The van der Waals surface area contributed by atoms with Crippen LogP contribution in [0.25, 0.3) is 0 Å². The third-order valence-electron chi connectivity index (χ3n) is 3.91. The number of nitrogens with one attached hydrogen (secondary N) is 2. The van der Waals surface area contributed by atoms with Crippen molar-refractivity contribution in [3.8, 4) is 0 Å². The molecule has 1 aliphatic carbocycles. The summed E-state index contributed by atoms with van der Waals surface area (Å²) in [7, 11) is 0. The van der Waals surface area contributed by atoms with Gasteiger partial charge in [0.1, 0.15) is 0 Å². The third kappa shape index (κ3) is 3.34. The van der Waals surface area contributed by atoms with Gasteiger partial charge in [0.2, 0.25) is 0 Å². The maximum Gasteiger partial charge on any atom is 0.257 e. The molecule has 112 valence electrons. The molecule has 0 aromatic heterocycles. The average Bonchev–Trinajstić information content (AvgIpc) is 2.56. The normalized spacial score (nSPS) is 13.1. The fourth-order valence-electron chi connectivity index (χ4n) is 2.82. The molecule has 0 bridgehead atoms. The number of fused-ring (bicyclic) bond motifs is 1. The Hall–Kier alpha value is -2.20. The van der Waals surface area contributed by atoms with Crippen molar-refractivity contribution in [1.29, 1.82) is 0 Å². The molecule has 0 heterocycles. The topological polar surface area (TPSA) is 41.1 Å². The van der Waals surface area contributed by atoms with Gasteiger partial charge in [0, 0.05) is 11.3 Å². The van der Waals surface area contributed by atoms with Gasteiger partial charge in [0.25, 0.3) is 5.91 Å². The molecule has 0 spiro atoms. The Morgan fingerprint density at radius 2 is 1.73 bits per heavy atom. The molecular formula is C18H18N2OS. The number of anilines is 1. The first-order chi connectivity index (χ1) is 10.7. The van der Waals surface area contributed by atoms with E-state index in [0.717, 1.165) is 18.5 Å². The zero-order valence-corrected chi connectivity index (χ0v) is 13.1. The first kappa shape index (κ1) is 14.7. The zero-order chi connectivity index (χ0) is 15.4. The highest BCUT2D eigenvalue weighted by molar-refractivity contribution is 7.80. The lowest BCUT2D eigenvalue weighted by molar-refractivity contribution is 0.0977. The highest BCUT2D eigenvalue weighted by atomic mass is 32.1. The molecule has 3 rings (SSSR count). The minimum atomic E-state index is -0.192. The third-order valence-corrected chi connectivity index (χ3v) is 4.11. The van der Waals surface area contributed by atoms with Gasteiger partial charge in [-0.25, -0.2) is 0 Å². The van der Waals surface area contributed by atoms with Gasteiger partial charge in [-0.1, -0.05) is 30.3 Å². The minimum Gasteiger partial charge on any atom is -0.332 e. The molecular weight excluding hydrogens is 292 g/mol. The first-order valence-corrected chi connectivity index (χ1v) is 7.93. The molecule has 0 unspecified atom stereocenters. The van der Waals surface area contributed by atoms with E-state index in [-0.39, 0.29) is 5.91 Å². The van der Waals surface area contributed by atoms with Crippen molar-refractivity contribution >= 4 is 28.9 Å². The van der Waals surface area contributed by atoms with Gasteiger partial charge in [-0.15, -0.1) is 0 Å². The van der Waals surface area contributed by atoms with Gasteiger partial charge in [0.05, 0.1) is 0 Å². The van der Waals surface area contributed by atoms with E-state index in [1.165, 1.54) is 24.0 Å². The fraction of sp³-hybridized carbons (Fsp3) is 0.222. The predicted octanol–water partition coefficient (Wildman–Crippen LogP) is 3.69. The van der Waals surface area contributed by atoms with Gasteiger partial charge < -0.3 is 5.32 Å². The Bertz CT molecular complexity index is 697. The largest absolute Gasteiger partial charge is 0.332 e. The van der Waals surface area contributed by atoms with Crippen LogP contribution in [0.3, 0.4) is 0 Å². The number of hydrogen-bond acceptors (Lipinski definition) is 2. The van der Waals surface area contributed by atoms with Crippen molar-refractivity contribution in [3.05, 3.63) is 65.2 Å². The van der Waals surface area contributed by atoms with E-state index in [1.54, 1.807) is 12.1 Å². The summed E-state index contributed by atoms with van der Waals surface area (Å²) in [6, 6.07) is 15.3. The molecule has 2 N–H and O–H groups in total. The lowest BCUT2D eigenvalue weighted by Crippen LogP contribution is -2.34. The summed E-state index contributed by atoms with van der Waals surface area (Å²) < 4.78 is 0. The highest BCUT2D eigenvalue weighted by Gasteiger charge is 2.14. The smallest absolute Gasteiger partial charge is 0.257 e. The highest BCUT2D eigenvalue weighted by Crippen LogP contribution is 2.27. The number of carbonyl (C=O) groups is 1. The van der Waals surface area contributed by atoms with Crippen LogP contribution in [-0.4, -0.2) is 11.0 Å². The van der Waals surface area contributed by atoms with E-state index in [9.17, 15) is 4.79 Å². The standard InChI is InChI=1S/C18H18N2OS/c21-17(14-8-2-1-3-9-14)20-18(22)19-16-12-6-10-13-7-4-5-11-15(13)16/h1-3,6,8-10,12H,4-5,7,11H2,(H2,19,20,21,22). The van der Waals surface area contributed by atoms with Crippen molar-refractivity contribution in [2.24, 2.45) is 0 Å². The summed E-state index contributed by atoms with van der Waals surface area (Å²) in [6.45, 7) is 0. The monoisotopic (exact) mass is 310 g/mol. The molecule has 0 aliphatic heterocycles. The van der Waals surface area contributed by atoms with Crippen LogP contribution < -0.4 is 10.6 Å². The molecule has 4 heteroatoms. The molecule has 1 aliphatic rings. The Labute approximate surface area is 135 Å². The minimum absolute atomic E-state index is 0.192. The summed E-state index contributed by atoms with van der Waals surface area (Å²) in [6.07, 6.45) is 4.63. The summed E-state index contributed by atoms with van der Waals surface area (Å²) in [5, 5.41) is 6.24. The number of rotatable bonds is 2. The van der Waals surface area contributed by atoms with E-state index in [2.05, 4.69) is 16.7 Å². The van der Waals surface area contributed by atoms with Crippen LogP contribution in [0.5, 0.6) is 0 Å². The number of hydrogen-bond donors (Lipinski definition) is 2. The van der Waals surface area contributed by atoms with Crippen LogP contribution in [-0.2, 0) is 12.8 Å². The van der Waals surface area contributed by atoms with Gasteiger partial charge >= 0.3 is 0 Å². The van der Waals surface area contributed by atoms with E-state index >= 15 is 0 Å². The molecule has 2 aromatic carbocycles. The van der Waals surface area contributed by atoms with Gasteiger partial charge in [-0.05, 0) is 67.2 Å². The van der Waals surface area contributed by atoms with Gasteiger partial charge in [0.15, 0.2) is 5.11 Å². The van der Waals surface area contributed by atoms with Crippen LogP contribution in [0, 0.1) is 0 Å². The number of benzene rings is 2. The summed E-state index contributed by atoms with van der Waals surface area (Å²) in [4.78, 5) is 12.1. The summed E-state index contributed by atoms with van der Waals surface area (Å²) >= 11 is 5.27. The summed E-state index contributed by atoms with van der Waals surface area (Å²) in [5.41, 5.74) is 4.32. The Morgan fingerprint density at radius 3 is 2.55 bits per heavy atom. The van der Waals surface area contributed by atoms with Crippen LogP contribution in [0.4, 0.5) is 5.69 Å². The molecule has 0 saturated heterocycles. The molecule has 22 heavy (non-hydrogen) atoms. The molecule has 2 aromatic rings. The second-order valence-electron chi connectivity index (χ2n) is 5.42. The first-order valence-electron chi connectivity index (χ1n) is 7.52. The zero-order valence-electron chi connectivity index (χ0n) is 12.3. The lowest BCUT2D eigenvalue weighted by atomic mass is 9.90. The molecule has 1 amide bonds. The quantitative estimate of drug-likeness (QED) is 0.831. The van der Waals surface area contributed by atoms with Crippen LogP contribution in [0.1, 0.15) is 34.3 Å². The van der Waals surface area contributed by atoms with Gasteiger partial charge in [-0.2, -0.15) is 0 Å². The predicted molar refractivity (Wildman–Crippen MR) is 93.2 cm³/mol. The van der Waals surface area contributed by atoms with Crippen molar-refractivity contribution in [3.63, 3.8) is 0 Å². The number of amides is 1. The second kappa shape index (κ2) is 6.71. The molecule has 0 atom stereocenters. The average molecular weight is 310 g/mol. The van der Waals surface area contributed by atoms with Crippen molar-refractivity contribution in [2.45, 2.75) is 25.7 Å². The van der Waals surface area contributed by atoms with Crippen molar-refractivity contribution in [1.82, 2.24) is 5.32 Å². The van der Waals surface area contributed by atoms with Crippen LogP contribution in [0.2, 0.25) is 0 Å². The number of aryl methyl sites for hydroxylation is 1. The van der Waals surface area contributed by atoms with E-state index in [4.69, 9.17) is 12.2 Å². The molecule has 0 fully saturated rings. The SMILES string of the molecule is O=C(NC(=S)Nc1cccc2c1CCCC2)c1ccccc1. The maximum absolute atomic E-state index is 12.1. The molecule has 3 nitrogen and oxygen atoms in total. The Kier molecular flexibility index (Phi) is 4.49. The molecule has 0 radical (unpaired) electrons. The Balaban J connectivity index is 1.69. The summed E-state index contributed by atoms with van der Waals surface area (Å²) in [5.74, 6) is -0.192. The van der Waals surface area contributed by atoms with Crippen molar-refractivity contribution < 1.29 is 4.79 Å². The molecule has 0 saturated carbocycles. The fourth-order valence-corrected chi connectivity index (χ4v) is 3.02. The number of thiocarbonyl (C=S) groups is 1. The number of carbonyl (C=O) groups excluding carboxylic acids is 1. The van der Waals surface area contributed by atoms with Gasteiger partial charge in [-0.3, -0.25) is 10.1 Å². The van der Waals surface area contributed by atoms with Crippen LogP contribution in [0.15, 0.2) is 48.5 Å². The van der Waals surface area contributed by atoms with E-state index < -0.39 is 0 Å². The Morgan fingerprint density at radius 1 is 0.955 bits per heavy atom. The maximum atomic E-state index is 12.1. The van der Waals surface area contributed by atoms with E-state index in [1.807, 2.05) is 30.3 Å². The van der Waals surface area contributed by atoms with Crippen molar-refractivity contribution in [2.75, 3.05) is 5.32 Å².